The van der Waals surface area contributed by atoms with E-state index in [4.69, 9.17) is 9.72 Å². The van der Waals surface area contributed by atoms with Crippen molar-refractivity contribution in [3.63, 3.8) is 0 Å². The number of imidazole rings is 1. The van der Waals surface area contributed by atoms with E-state index in [1.54, 1.807) is 0 Å². The minimum atomic E-state index is 0.518. The van der Waals surface area contributed by atoms with Crippen LogP contribution in [0.5, 0.6) is 5.88 Å². The summed E-state index contributed by atoms with van der Waals surface area (Å²) in [5.41, 5.74) is 4.60. The highest BCUT2D eigenvalue weighted by Crippen LogP contribution is 2.27. The Kier molecular flexibility index (Phi) is 4.32. The van der Waals surface area contributed by atoms with Gasteiger partial charge in [-0.25, -0.2) is 9.97 Å². The van der Waals surface area contributed by atoms with Gasteiger partial charge >= 0.3 is 0 Å². The predicted molar refractivity (Wildman–Crippen MR) is 106 cm³/mol. The number of hydrogen-bond acceptors (Lipinski definition) is 4. The van der Waals surface area contributed by atoms with Crippen LogP contribution in [-0.4, -0.2) is 38.6 Å². The smallest absolute Gasteiger partial charge is 0.213 e. The van der Waals surface area contributed by atoms with Crippen LogP contribution in [0.3, 0.4) is 0 Å². The fraction of sp³-hybridized carbons (Fsp3) is 0.455. The number of ether oxygens (including phenoxy) is 1. The highest BCUT2D eigenvalue weighted by Gasteiger charge is 2.27. The number of fused-ring (bicyclic) bond motifs is 3. The van der Waals surface area contributed by atoms with Crippen LogP contribution in [0.2, 0.25) is 0 Å². The van der Waals surface area contributed by atoms with Crippen molar-refractivity contribution in [1.29, 1.82) is 0 Å². The summed E-state index contributed by atoms with van der Waals surface area (Å²) in [6.07, 6.45) is 7.03. The van der Waals surface area contributed by atoms with Crippen molar-refractivity contribution < 1.29 is 4.74 Å². The van der Waals surface area contributed by atoms with Crippen molar-refractivity contribution >= 4 is 11.0 Å². The molecular weight excluding hydrogens is 336 g/mol. The molecule has 1 aliphatic carbocycles. The van der Waals surface area contributed by atoms with Gasteiger partial charge in [0, 0.05) is 44.4 Å². The van der Waals surface area contributed by atoms with Crippen LogP contribution in [0.1, 0.15) is 36.2 Å². The van der Waals surface area contributed by atoms with Gasteiger partial charge in [0.1, 0.15) is 12.4 Å². The van der Waals surface area contributed by atoms with E-state index < -0.39 is 0 Å². The first-order valence-electron chi connectivity index (χ1n) is 10.0. The van der Waals surface area contributed by atoms with Crippen LogP contribution in [0.15, 0.2) is 36.5 Å². The Balaban J connectivity index is 1.31. The maximum Gasteiger partial charge on any atom is 0.213 e. The van der Waals surface area contributed by atoms with Crippen molar-refractivity contribution in [2.24, 2.45) is 0 Å². The third-order valence-electron chi connectivity index (χ3n) is 5.99. The van der Waals surface area contributed by atoms with Crippen LogP contribution >= 0.6 is 0 Å². The summed E-state index contributed by atoms with van der Waals surface area (Å²) >= 11 is 0. The first-order chi connectivity index (χ1) is 13.3. The monoisotopic (exact) mass is 362 g/mol. The molecule has 5 nitrogen and oxygen atoms in total. The standard InChI is InChI=1S/C22H26N4O/c1-16-5-8-22(23-14-16)27-15-17-6-7-20-19(13-17)24-21-9-10-25(11-12-26(20)21)18-3-2-4-18/h5-8,13-14,18H,2-4,9-12,15H2,1H3. The zero-order valence-corrected chi connectivity index (χ0v) is 15.9. The predicted octanol–water partition coefficient (Wildman–Crippen LogP) is 3.73. The number of rotatable bonds is 4. The summed E-state index contributed by atoms with van der Waals surface area (Å²) in [6.45, 7) is 5.88. The quantitative estimate of drug-likeness (QED) is 0.709. The number of aryl methyl sites for hydroxylation is 1. The molecule has 0 atom stereocenters. The molecule has 0 unspecified atom stereocenters. The molecule has 3 aromatic rings. The highest BCUT2D eigenvalue weighted by molar-refractivity contribution is 5.77. The number of aromatic nitrogens is 3. The molecule has 0 radical (unpaired) electrons. The lowest BCUT2D eigenvalue weighted by atomic mass is 9.91. The summed E-state index contributed by atoms with van der Waals surface area (Å²) in [5.74, 6) is 1.89. The van der Waals surface area contributed by atoms with Gasteiger partial charge in [0.2, 0.25) is 5.88 Å². The molecule has 1 fully saturated rings. The number of nitrogens with zero attached hydrogens (tertiary/aromatic N) is 4. The van der Waals surface area contributed by atoms with Gasteiger partial charge in [-0.1, -0.05) is 18.6 Å². The van der Waals surface area contributed by atoms with Crippen LogP contribution < -0.4 is 4.74 Å². The number of benzene rings is 1. The minimum absolute atomic E-state index is 0.518. The molecule has 2 aromatic heterocycles. The Hall–Kier alpha value is -2.40. The SMILES string of the molecule is Cc1ccc(OCc2ccc3c(c2)nc2n3CCN(C3CCC3)CC2)nc1. The Bertz CT molecular complexity index is 943. The molecule has 1 saturated carbocycles. The molecule has 140 valence electrons. The summed E-state index contributed by atoms with van der Waals surface area (Å²) in [4.78, 5) is 11.9. The van der Waals surface area contributed by atoms with Gasteiger partial charge in [0.05, 0.1) is 11.0 Å². The van der Waals surface area contributed by atoms with E-state index in [9.17, 15) is 0 Å². The molecule has 27 heavy (non-hydrogen) atoms. The van der Waals surface area contributed by atoms with Gasteiger partial charge in [0.15, 0.2) is 0 Å². The van der Waals surface area contributed by atoms with Crippen LogP contribution in [-0.2, 0) is 19.6 Å². The van der Waals surface area contributed by atoms with Gasteiger partial charge in [-0.15, -0.1) is 0 Å². The molecule has 2 aliphatic rings. The van der Waals surface area contributed by atoms with E-state index in [2.05, 4.69) is 32.7 Å². The van der Waals surface area contributed by atoms with Gasteiger partial charge in [-0.2, -0.15) is 0 Å². The minimum Gasteiger partial charge on any atom is -0.473 e. The topological polar surface area (TPSA) is 43.2 Å². The first-order valence-corrected chi connectivity index (χ1v) is 10.0. The van der Waals surface area contributed by atoms with E-state index in [1.165, 1.54) is 30.6 Å². The third-order valence-corrected chi connectivity index (χ3v) is 5.99. The second kappa shape index (κ2) is 6.97. The van der Waals surface area contributed by atoms with Gasteiger partial charge in [0.25, 0.3) is 0 Å². The van der Waals surface area contributed by atoms with E-state index in [-0.39, 0.29) is 0 Å². The molecular formula is C22H26N4O. The van der Waals surface area contributed by atoms with Crippen LogP contribution in [0.25, 0.3) is 11.0 Å². The average Bonchev–Trinajstić information content (AvgIpc) is 2.86. The summed E-state index contributed by atoms with van der Waals surface area (Å²) in [6, 6.07) is 11.3. The largest absolute Gasteiger partial charge is 0.473 e. The Morgan fingerprint density at radius 3 is 2.81 bits per heavy atom. The summed E-state index contributed by atoms with van der Waals surface area (Å²) < 4.78 is 8.24. The molecule has 0 amide bonds. The van der Waals surface area contributed by atoms with Gasteiger partial charge in [-0.05, 0) is 43.0 Å². The van der Waals surface area contributed by atoms with E-state index in [0.29, 0.717) is 12.5 Å². The summed E-state index contributed by atoms with van der Waals surface area (Å²) in [7, 11) is 0. The number of pyridine rings is 1. The fourth-order valence-electron chi connectivity index (χ4n) is 4.15. The lowest BCUT2D eigenvalue weighted by Crippen LogP contribution is -2.41. The second-order valence-electron chi connectivity index (χ2n) is 7.84. The second-order valence-corrected chi connectivity index (χ2v) is 7.84. The molecule has 0 N–H and O–H groups in total. The van der Waals surface area contributed by atoms with Gasteiger partial charge in [-0.3, -0.25) is 4.90 Å². The van der Waals surface area contributed by atoms with Gasteiger partial charge < -0.3 is 9.30 Å². The zero-order chi connectivity index (χ0) is 18.2. The molecule has 1 aromatic carbocycles. The maximum absolute atomic E-state index is 5.82. The Labute approximate surface area is 160 Å². The van der Waals surface area contributed by atoms with Crippen molar-refractivity contribution in [1.82, 2.24) is 19.4 Å². The normalized spacial score (nSPS) is 18.1. The first kappa shape index (κ1) is 16.8. The highest BCUT2D eigenvalue weighted by atomic mass is 16.5. The van der Waals surface area contributed by atoms with Crippen molar-refractivity contribution in [3.05, 3.63) is 53.5 Å². The molecule has 0 spiro atoms. The van der Waals surface area contributed by atoms with Crippen molar-refractivity contribution in [2.45, 2.75) is 51.8 Å². The maximum atomic E-state index is 5.82. The lowest BCUT2D eigenvalue weighted by Gasteiger charge is -2.36. The van der Waals surface area contributed by atoms with E-state index in [1.807, 2.05) is 25.3 Å². The summed E-state index contributed by atoms with van der Waals surface area (Å²) in [5, 5.41) is 0. The molecule has 0 saturated heterocycles. The van der Waals surface area contributed by atoms with E-state index in [0.717, 1.165) is 48.7 Å². The van der Waals surface area contributed by atoms with Crippen molar-refractivity contribution in [2.75, 3.05) is 13.1 Å². The van der Waals surface area contributed by atoms with Crippen LogP contribution in [0.4, 0.5) is 0 Å². The zero-order valence-electron chi connectivity index (χ0n) is 15.9. The molecule has 5 heteroatoms. The average molecular weight is 362 g/mol. The van der Waals surface area contributed by atoms with E-state index >= 15 is 0 Å². The van der Waals surface area contributed by atoms with Crippen LogP contribution in [0, 0.1) is 6.92 Å². The molecule has 3 heterocycles. The molecule has 0 bridgehead atoms. The Morgan fingerprint density at radius 2 is 2.04 bits per heavy atom. The third kappa shape index (κ3) is 3.32. The fourth-order valence-corrected chi connectivity index (χ4v) is 4.15. The molecule has 5 rings (SSSR count). The molecule has 1 aliphatic heterocycles. The Morgan fingerprint density at radius 1 is 1.11 bits per heavy atom. The number of hydrogen-bond donors (Lipinski definition) is 0. The lowest BCUT2D eigenvalue weighted by molar-refractivity contribution is 0.130. The van der Waals surface area contributed by atoms with Crippen molar-refractivity contribution in [3.8, 4) is 5.88 Å².